The highest BCUT2D eigenvalue weighted by Gasteiger charge is 2.47. The van der Waals surface area contributed by atoms with E-state index in [0.717, 1.165) is 23.7 Å². The van der Waals surface area contributed by atoms with Crippen molar-refractivity contribution in [1.29, 1.82) is 0 Å². The highest BCUT2D eigenvalue weighted by molar-refractivity contribution is 9.11. The van der Waals surface area contributed by atoms with Crippen LogP contribution in [-0.4, -0.2) is 0 Å². The highest BCUT2D eigenvalue weighted by atomic mass is 79.9. The number of rotatable bonds is 0. The molecule has 0 aromatic heterocycles. The summed E-state index contributed by atoms with van der Waals surface area (Å²) in [6.45, 7) is 0. The van der Waals surface area contributed by atoms with Gasteiger partial charge in [-0.05, 0) is 53.8 Å². The van der Waals surface area contributed by atoms with Crippen molar-refractivity contribution in [3.8, 4) is 0 Å². The fourth-order valence-corrected chi connectivity index (χ4v) is 4.43. The topological polar surface area (TPSA) is 0 Å². The average molecular weight is 213 g/mol. The van der Waals surface area contributed by atoms with Crippen molar-refractivity contribution in [1.82, 2.24) is 0 Å². The van der Waals surface area contributed by atoms with Gasteiger partial charge in [0.05, 0.1) is 0 Å². The summed E-state index contributed by atoms with van der Waals surface area (Å²) in [6.07, 6.45) is 8.45. The van der Waals surface area contributed by atoms with Gasteiger partial charge in [0, 0.05) is 0 Å². The predicted molar refractivity (Wildman–Crippen MR) is 49.4 cm³/mol. The van der Waals surface area contributed by atoms with Crippen molar-refractivity contribution >= 4 is 15.9 Å². The summed E-state index contributed by atoms with van der Waals surface area (Å²) in [7, 11) is 0. The minimum absolute atomic E-state index is 0.929. The first-order chi connectivity index (χ1) is 5.36. The zero-order valence-corrected chi connectivity index (χ0v) is 8.18. The Balaban J connectivity index is 2.07. The zero-order chi connectivity index (χ0) is 7.42. The lowest BCUT2D eigenvalue weighted by Gasteiger charge is -2.24. The zero-order valence-electron chi connectivity index (χ0n) is 6.59. The Morgan fingerprint density at radius 2 is 1.91 bits per heavy atom. The van der Waals surface area contributed by atoms with E-state index in [-0.39, 0.29) is 0 Å². The first kappa shape index (κ1) is 6.71. The maximum absolute atomic E-state index is 3.72. The number of hydrogen-bond donors (Lipinski definition) is 0. The molecule has 0 N–H and O–H groups in total. The van der Waals surface area contributed by atoms with Crippen molar-refractivity contribution in [2.45, 2.75) is 25.7 Å². The first-order valence-electron chi connectivity index (χ1n) is 4.73. The lowest BCUT2D eigenvalue weighted by atomic mass is 9.84. The minimum atomic E-state index is 0.929. The van der Waals surface area contributed by atoms with Crippen LogP contribution in [-0.2, 0) is 0 Å². The molecule has 0 aromatic rings. The van der Waals surface area contributed by atoms with Gasteiger partial charge >= 0.3 is 0 Å². The molecule has 1 heteroatoms. The largest absolute Gasteiger partial charge is 0.0707 e. The molecule has 0 saturated heterocycles. The second kappa shape index (κ2) is 2.12. The van der Waals surface area contributed by atoms with Gasteiger partial charge in [-0.15, -0.1) is 0 Å². The van der Waals surface area contributed by atoms with Crippen molar-refractivity contribution in [2.75, 3.05) is 0 Å². The molecule has 0 aliphatic heterocycles. The molecule has 0 aromatic carbocycles. The average Bonchev–Trinajstić information content (AvgIpc) is 2.44. The summed E-state index contributed by atoms with van der Waals surface area (Å²) in [6, 6.07) is 0. The van der Waals surface area contributed by atoms with E-state index < -0.39 is 0 Å². The van der Waals surface area contributed by atoms with Gasteiger partial charge in [0.2, 0.25) is 0 Å². The van der Waals surface area contributed by atoms with Crippen LogP contribution in [0.5, 0.6) is 0 Å². The summed E-state index contributed by atoms with van der Waals surface area (Å²) < 4.78 is 1.54. The third kappa shape index (κ3) is 0.756. The fraction of sp³-hybridized carbons (Fsp3) is 0.800. The second-order valence-corrected chi connectivity index (χ2v) is 5.22. The SMILES string of the molecule is BrC1=C[C@@H]2CC[C@H]3[C@@H]2CC[C@@H]13. The molecule has 0 amide bonds. The van der Waals surface area contributed by atoms with Gasteiger partial charge in [0.15, 0.2) is 0 Å². The quantitative estimate of drug-likeness (QED) is 0.579. The molecule has 4 atom stereocenters. The monoisotopic (exact) mass is 212 g/mol. The van der Waals surface area contributed by atoms with Crippen LogP contribution in [0.2, 0.25) is 0 Å². The predicted octanol–water partition coefficient (Wildman–Crippen LogP) is 3.33. The molecule has 3 aliphatic rings. The van der Waals surface area contributed by atoms with Crippen LogP contribution in [0.4, 0.5) is 0 Å². The van der Waals surface area contributed by atoms with Crippen LogP contribution in [0.3, 0.4) is 0 Å². The van der Waals surface area contributed by atoms with Crippen LogP contribution in [0.25, 0.3) is 0 Å². The summed E-state index contributed by atoms with van der Waals surface area (Å²) in [5, 5.41) is 0. The van der Waals surface area contributed by atoms with Gasteiger partial charge in [0.1, 0.15) is 0 Å². The molecule has 3 rings (SSSR count). The molecular formula is C10H13Br. The number of halogens is 1. The molecule has 60 valence electrons. The number of hydrogen-bond acceptors (Lipinski definition) is 0. The van der Waals surface area contributed by atoms with Crippen LogP contribution in [0.1, 0.15) is 25.7 Å². The van der Waals surface area contributed by atoms with E-state index in [1.165, 1.54) is 25.7 Å². The standard InChI is InChI=1S/C10H13Br/c11-10-5-6-1-2-8-7(6)3-4-9(8)10/h5-9H,1-4H2/t6-,7+,8-,9+/m0/s1. The van der Waals surface area contributed by atoms with Gasteiger partial charge in [-0.1, -0.05) is 22.0 Å². The molecule has 11 heavy (non-hydrogen) atoms. The van der Waals surface area contributed by atoms with E-state index in [1.807, 2.05) is 0 Å². The van der Waals surface area contributed by atoms with E-state index >= 15 is 0 Å². The Morgan fingerprint density at radius 1 is 1.09 bits per heavy atom. The van der Waals surface area contributed by atoms with Crippen molar-refractivity contribution < 1.29 is 0 Å². The summed E-state index contributed by atoms with van der Waals surface area (Å²) in [4.78, 5) is 0. The van der Waals surface area contributed by atoms with Crippen LogP contribution in [0.15, 0.2) is 10.6 Å². The molecule has 2 fully saturated rings. The Kier molecular flexibility index (Phi) is 1.30. The van der Waals surface area contributed by atoms with Crippen molar-refractivity contribution in [3.05, 3.63) is 10.6 Å². The maximum atomic E-state index is 3.72. The Hall–Kier alpha value is 0.220. The Labute approximate surface area is 76.2 Å². The van der Waals surface area contributed by atoms with Gasteiger partial charge in [-0.3, -0.25) is 0 Å². The third-order valence-electron chi connectivity index (χ3n) is 3.99. The molecule has 2 saturated carbocycles. The van der Waals surface area contributed by atoms with Crippen LogP contribution >= 0.6 is 15.9 Å². The highest BCUT2D eigenvalue weighted by Crippen LogP contribution is 2.58. The molecular weight excluding hydrogens is 200 g/mol. The molecule has 0 spiro atoms. The lowest BCUT2D eigenvalue weighted by Crippen LogP contribution is -2.16. The molecule has 0 heterocycles. The summed E-state index contributed by atoms with van der Waals surface area (Å²) in [5.41, 5.74) is 0. The van der Waals surface area contributed by atoms with E-state index in [2.05, 4.69) is 22.0 Å². The molecule has 0 nitrogen and oxygen atoms in total. The molecule has 4 bridgehead atoms. The lowest BCUT2D eigenvalue weighted by molar-refractivity contribution is 0.352. The first-order valence-corrected chi connectivity index (χ1v) is 5.53. The maximum Gasteiger partial charge on any atom is -0.00525 e. The van der Waals surface area contributed by atoms with E-state index in [1.54, 1.807) is 4.48 Å². The van der Waals surface area contributed by atoms with Crippen molar-refractivity contribution in [3.63, 3.8) is 0 Å². The summed E-state index contributed by atoms with van der Waals surface area (Å²) >= 11 is 3.72. The van der Waals surface area contributed by atoms with Crippen LogP contribution in [0, 0.1) is 23.7 Å². The molecule has 0 unspecified atom stereocenters. The molecule has 3 aliphatic carbocycles. The Morgan fingerprint density at radius 3 is 2.82 bits per heavy atom. The third-order valence-corrected chi connectivity index (χ3v) is 4.84. The van der Waals surface area contributed by atoms with E-state index in [0.29, 0.717) is 0 Å². The van der Waals surface area contributed by atoms with Crippen LogP contribution < -0.4 is 0 Å². The van der Waals surface area contributed by atoms with Gasteiger partial charge in [-0.2, -0.15) is 0 Å². The van der Waals surface area contributed by atoms with Gasteiger partial charge in [0.25, 0.3) is 0 Å². The van der Waals surface area contributed by atoms with E-state index in [4.69, 9.17) is 0 Å². The fourth-order valence-electron chi connectivity index (χ4n) is 3.52. The molecule has 0 radical (unpaired) electrons. The van der Waals surface area contributed by atoms with Crippen molar-refractivity contribution in [2.24, 2.45) is 23.7 Å². The second-order valence-electron chi connectivity index (χ2n) is 4.30. The van der Waals surface area contributed by atoms with Gasteiger partial charge < -0.3 is 0 Å². The smallest absolute Gasteiger partial charge is 0.00525 e. The normalized spacial score (nSPS) is 53.0. The van der Waals surface area contributed by atoms with Gasteiger partial charge in [-0.25, -0.2) is 0 Å². The Bertz CT molecular complexity index is 219. The number of allylic oxidation sites excluding steroid dienone is 2. The summed E-state index contributed by atoms with van der Waals surface area (Å²) in [5.74, 6) is 4.03. The minimum Gasteiger partial charge on any atom is -0.0707 e. The van der Waals surface area contributed by atoms with E-state index in [9.17, 15) is 0 Å².